The Morgan fingerprint density at radius 1 is 1.40 bits per heavy atom. The van der Waals surface area contributed by atoms with E-state index in [0.717, 1.165) is 24.2 Å². The van der Waals surface area contributed by atoms with Crippen LogP contribution in [0.25, 0.3) is 0 Å². The normalized spacial score (nSPS) is 21.8. The van der Waals surface area contributed by atoms with Crippen LogP contribution in [0.4, 0.5) is 0 Å². The highest BCUT2D eigenvalue weighted by atomic mass is 32.2. The van der Waals surface area contributed by atoms with E-state index < -0.39 is 15.1 Å². The van der Waals surface area contributed by atoms with Crippen LogP contribution >= 0.6 is 0 Å². The van der Waals surface area contributed by atoms with Gasteiger partial charge in [0, 0.05) is 18.7 Å². The van der Waals surface area contributed by atoms with Crippen LogP contribution < -0.4 is 0 Å². The molecule has 5 nitrogen and oxygen atoms in total. The standard InChI is InChI=1S/C14H22N2O3S/c1-3-11-9-12(16(4-2)15-11)10-13(17)14-7-5-6-8-20(14,18)19/h9,14H,3-8,10H2,1-2H3. The zero-order chi connectivity index (χ0) is 14.8. The van der Waals surface area contributed by atoms with Gasteiger partial charge in [0.05, 0.1) is 11.4 Å². The molecule has 0 aliphatic carbocycles. The molecular formula is C14H22N2O3S. The minimum Gasteiger partial charge on any atom is -0.298 e. The molecule has 1 aromatic heterocycles. The molecule has 0 N–H and O–H groups in total. The second kappa shape index (κ2) is 6.08. The zero-order valence-electron chi connectivity index (χ0n) is 12.1. The third-order valence-electron chi connectivity index (χ3n) is 3.87. The van der Waals surface area contributed by atoms with Crippen LogP contribution in [-0.2, 0) is 34.0 Å². The number of carbonyl (C=O) groups excluding carboxylic acids is 1. The Hall–Kier alpha value is -1.17. The number of rotatable bonds is 5. The highest BCUT2D eigenvalue weighted by Crippen LogP contribution is 2.22. The fourth-order valence-corrected chi connectivity index (χ4v) is 4.61. The van der Waals surface area contributed by atoms with Crippen molar-refractivity contribution in [3.63, 3.8) is 0 Å². The van der Waals surface area contributed by atoms with Crippen LogP contribution in [0.2, 0.25) is 0 Å². The van der Waals surface area contributed by atoms with Gasteiger partial charge in [-0.25, -0.2) is 8.42 Å². The maximum Gasteiger partial charge on any atom is 0.160 e. The summed E-state index contributed by atoms with van der Waals surface area (Å²) >= 11 is 0. The summed E-state index contributed by atoms with van der Waals surface area (Å²) < 4.78 is 25.8. The lowest BCUT2D eigenvalue weighted by Crippen LogP contribution is -2.36. The first-order chi connectivity index (χ1) is 9.47. The average molecular weight is 298 g/mol. The van der Waals surface area contributed by atoms with Crippen molar-refractivity contribution in [1.29, 1.82) is 0 Å². The van der Waals surface area contributed by atoms with Crippen molar-refractivity contribution < 1.29 is 13.2 Å². The lowest BCUT2D eigenvalue weighted by molar-refractivity contribution is -0.118. The van der Waals surface area contributed by atoms with Crippen LogP contribution in [0.15, 0.2) is 6.07 Å². The summed E-state index contributed by atoms with van der Waals surface area (Å²) in [4.78, 5) is 12.3. The monoisotopic (exact) mass is 298 g/mol. The van der Waals surface area contributed by atoms with E-state index in [9.17, 15) is 13.2 Å². The number of aromatic nitrogens is 2. The van der Waals surface area contributed by atoms with Crippen molar-refractivity contribution in [2.24, 2.45) is 0 Å². The van der Waals surface area contributed by atoms with Crippen molar-refractivity contribution in [2.45, 2.75) is 57.7 Å². The van der Waals surface area contributed by atoms with Gasteiger partial charge < -0.3 is 0 Å². The first-order valence-corrected chi connectivity index (χ1v) is 8.99. The Balaban J connectivity index is 2.17. The smallest absolute Gasteiger partial charge is 0.160 e. The van der Waals surface area contributed by atoms with Crippen molar-refractivity contribution >= 4 is 15.6 Å². The Labute approximate surface area is 120 Å². The maximum atomic E-state index is 12.3. The average Bonchev–Trinajstić information content (AvgIpc) is 2.80. The van der Waals surface area contributed by atoms with Gasteiger partial charge in [-0.05, 0) is 32.3 Å². The van der Waals surface area contributed by atoms with Crippen LogP contribution in [0.5, 0.6) is 0 Å². The molecule has 1 aliphatic rings. The first kappa shape index (κ1) is 15.2. The van der Waals surface area contributed by atoms with Gasteiger partial charge in [0.1, 0.15) is 5.25 Å². The molecule has 0 saturated carbocycles. The quantitative estimate of drug-likeness (QED) is 0.827. The third kappa shape index (κ3) is 3.11. The fraction of sp³-hybridized carbons (Fsp3) is 0.714. The predicted molar refractivity (Wildman–Crippen MR) is 77.4 cm³/mol. The van der Waals surface area contributed by atoms with E-state index in [-0.39, 0.29) is 18.0 Å². The first-order valence-electron chi connectivity index (χ1n) is 7.27. The molecule has 2 heterocycles. The number of ketones is 1. The van der Waals surface area contributed by atoms with E-state index in [1.165, 1.54) is 0 Å². The minimum absolute atomic E-state index is 0.149. The fourth-order valence-electron chi connectivity index (χ4n) is 2.71. The number of carbonyl (C=O) groups is 1. The Bertz CT molecular complexity index is 590. The molecule has 1 unspecified atom stereocenters. The van der Waals surface area contributed by atoms with Gasteiger partial charge in [0.15, 0.2) is 15.6 Å². The summed E-state index contributed by atoms with van der Waals surface area (Å²) in [5, 5.41) is 3.59. The van der Waals surface area contributed by atoms with Gasteiger partial charge in [0.2, 0.25) is 0 Å². The van der Waals surface area contributed by atoms with Crippen molar-refractivity contribution in [3.8, 4) is 0 Å². The highest BCUT2D eigenvalue weighted by molar-refractivity contribution is 7.92. The Morgan fingerprint density at radius 3 is 2.75 bits per heavy atom. The van der Waals surface area contributed by atoms with Crippen LogP contribution in [0, 0.1) is 0 Å². The van der Waals surface area contributed by atoms with Crippen LogP contribution in [0.1, 0.15) is 44.5 Å². The van der Waals surface area contributed by atoms with E-state index in [4.69, 9.17) is 0 Å². The van der Waals surface area contributed by atoms with Gasteiger partial charge >= 0.3 is 0 Å². The zero-order valence-corrected chi connectivity index (χ0v) is 12.9. The second-order valence-electron chi connectivity index (χ2n) is 5.29. The van der Waals surface area contributed by atoms with Gasteiger partial charge in [-0.1, -0.05) is 13.3 Å². The van der Waals surface area contributed by atoms with Gasteiger partial charge in [0.25, 0.3) is 0 Å². The molecule has 1 saturated heterocycles. The third-order valence-corrected chi connectivity index (χ3v) is 6.09. The summed E-state index contributed by atoms with van der Waals surface area (Å²) in [6.45, 7) is 4.68. The van der Waals surface area contributed by atoms with Gasteiger partial charge in [-0.2, -0.15) is 5.10 Å². The van der Waals surface area contributed by atoms with E-state index in [2.05, 4.69) is 5.10 Å². The van der Waals surface area contributed by atoms with E-state index in [1.54, 1.807) is 4.68 Å². The molecular weight excluding hydrogens is 276 g/mol. The molecule has 0 amide bonds. The Morgan fingerprint density at radius 2 is 2.15 bits per heavy atom. The van der Waals surface area contributed by atoms with E-state index in [1.807, 2.05) is 19.9 Å². The van der Waals surface area contributed by atoms with Crippen molar-refractivity contribution in [3.05, 3.63) is 17.5 Å². The summed E-state index contributed by atoms with van der Waals surface area (Å²) in [7, 11) is -3.24. The molecule has 0 spiro atoms. The largest absolute Gasteiger partial charge is 0.298 e. The van der Waals surface area contributed by atoms with Crippen molar-refractivity contribution in [2.75, 3.05) is 5.75 Å². The van der Waals surface area contributed by atoms with E-state index >= 15 is 0 Å². The topological polar surface area (TPSA) is 69.0 Å². The molecule has 1 fully saturated rings. The molecule has 1 aromatic rings. The molecule has 0 radical (unpaired) electrons. The molecule has 20 heavy (non-hydrogen) atoms. The second-order valence-corrected chi connectivity index (χ2v) is 7.59. The van der Waals surface area contributed by atoms with Crippen LogP contribution in [-0.4, -0.2) is 35.0 Å². The molecule has 2 rings (SSSR count). The summed E-state index contributed by atoms with van der Waals surface area (Å²) in [6, 6.07) is 1.91. The lowest BCUT2D eigenvalue weighted by Gasteiger charge is -2.21. The predicted octanol–water partition coefficient (Wildman–Crippen LogP) is 1.54. The van der Waals surface area contributed by atoms with Crippen molar-refractivity contribution in [1.82, 2.24) is 9.78 Å². The number of aryl methyl sites for hydroxylation is 2. The molecule has 112 valence electrons. The molecule has 1 atom stereocenters. The summed E-state index contributed by atoms with van der Waals surface area (Å²) in [6.07, 6.45) is 2.96. The summed E-state index contributed by atoms with van der Waals surface area (Å²) in [5.41, 5.74) is 1.77. The van der Waals surface area contributed by atoms with Gasteiger partial charge in [-0.3, -0.25) is 9.48 Å². The van der Waals surface area contributed by atoms with Gasteiger partial charge in [-0.15, -0.1) is 0 Å². The lowest BCUT2D eigenvalue weighted by atomic mass is 10.1. The number of hydrogen-bond acceptors (Lipinski definition) is 4. The SMILES string of the molecule is CCc1cc(CC(=O)C2CCCCS2(=O)=O)n(CC)n1. The number of sulfone groups is 1. The Kier molecular flexibility index (Phi) is 4.62. The minimum atomic E-state index is -3.24. The number of hydrogen-bond donors (Lipinski definition) is 0. The molecule has 6 heteroatoms. The number of nitrogens with zero attached hydrogens (tertiary/aromatic N) is 2. The maximum absolute atomic E-state index is 12.3. The van der Waals surface area contributed by atoms with E-state index in [0.29, 0.717) is 19.4 Å². The molecule has 0 aromatic carbocycles. The summed E-state index contributed by atoms with van der Waals surface area (Å²) in [5.74, 6) is -0.0293. The van der Waals surface area contributed by atoms with Crippen LogP contribution in [0.3, 0.4) is 0 Å². The molecule has 0 bridgehead atoms. The molecule has 1 aliphatic heterocycles. The highest BCUT2D eigenvalue weighted by Gasteiger charge is 2.34. The number of Topliss-reactive ketones (excluding diaryl/α,β-unsaturated/α-hetero) is 1.